The van der Waals surface area contributed by atoms with Gasteiger partial charge in [-0.3, -0.25) is 9.79 Å². The molecule has 8 nitrogen and oxygen atoms in total. The van der Waals surface area contributed by atoms with Crippen molar-refractivity contribution in [1.82, 2.24) is 20.7 Å². The van der Waals surface area contributed by atoms with Gasteiger partial charge in [-0.25, -0.2) is 13.1 Å². The second kappa shape index (κ2) is 13.7. The van der Waals surface area contributed by atoms with Crippen molar-refractivity contribution in [3.63, 3.8) is 0 Å². The first-order chi connectivity index (χ1) is 12.4. The summed E-state index contributed by atoms with van der Waals surface area (Å²) < 4.78 is 25.2. The van der Waals surface area contributed by atoms with Gasteiger partial charge in [0, 0.05) is 32.2 Å². The number of carbonyl (C=O) groups is 1. The van der Waals surface area contributed by atoms with E-state index in [0.717, 1.165) is 12.0 Å². The summed E-state index contributed by atoms with van der Waals surface area (Å²) in [6, 6.07) is 7.47. The van der Waals surface area contributed by atoms with Gasteiger partial charge in [0.25, 0.3) is 5.91 Å². The van der Waals surface area contributed by atoms with Crippen LogP contribution in [0.15, 0.2) is 29.3 Å². The molecule has 0 spiro atoms. The van der Waals surface area contributed by atoms with E-state index in [1.165, 1.54) is 0 Å². The van der Waals surface area contributed by atoms with E-state index >= 15 is 0 Å². The largest absolute Gasteiger partial charge is 0.357 e. The van der Waals surface area contributed by atoms with Crippen LogP contribution in [0.4, 0.5) is 0 Å². The van der Waals surface area contributed by atoms with Crippen LogP contribution < -0.4 is 20.7 Å². The van der Waals surface area contributed by atoms with Gasteiger partial charge in [-0.05, 0) is 38.0 Å². The Bertz CT molecular complexity index is 710. The minimum atomic E-state index is -3.19. The third-order valence-electron chi connectivity index (χ3n) is 3.55. The van der Waals surface area contributed by atoms with Crippen molar-refractivity contribution >= 4 is 45.9 Å². The molecule has 0 bridgehead atoms. The number of hydrogen-bond donors (Lipinski definition) is 4. The van der Waals surface area contributed by atoms with Crippen molar-refractivity contribution in [2.45, 2.75) is 20.3 Å². The van der Waals surface area contributed by atoms with Gasteiger partial charge in [0.2, 0.25) is 10.0 Å². The molecule has 1 aromatic carbocycles. The average Bonchev–Trinajstić information content (AvgIpc) is 2.64. The molecule has 1 rings (SSSR count). The predicted octanol–water partition coefficient (Wildman–Crippen LogP) is 0.701. The van der Waals surface area contributed by atoms with Crippen molar-refractivity contribution in [3.05, 3.63) is 35.4 Å². The number of sulfonamides is 1. The number of halogens is 1. The molecule has 10 heteroatoms. The van der Waals surface area contributed by atoms with Crippen LogP contribution in [0.1, 0.15) is 29.8 Å². The van der Waals surface area contributed by atoms with Gasteiger partial charge in [0.15, 0.2) is 5.96 Å². The molecule has 0 aliphatic rings. The van der Waals surface area contributed by atoms with Crippen LogP contribution in [0.5, 0.6) is 0 Å². The molecule has 0 saturated carbocycles. The fourth-order valence-corrected chi connectivity index (χ4v) is 2.76. The van der Waals surface area contributed by atoms with Gasteiger partial charge in [0.05, 0.1) is 12.3 Å². The van der Waals surface area contributed by atoms with Gasteiger partial charge < -0.3 is 16.0 Å². The summed E-state index contributed by atoms with van der Waals surface area (Å²) in [7, 11) is -1.58. The Balaban J connectivity index is 0.00000676. The SMILES string of the molecule is CCNC(=NCCNS(=O)(=O)CC)NCCc1cccc(C(=O)NC)c1.I. The zero-order valence-electron chi connectivity index (χ0n) is 16.0. The van der Waals surface area contributed by atoms with Crippen LogP contribution in [0.3, 0.4) is 0 Å². The quantitative estimate of drug-likeness (QED) is 0.160. The predicted molar refractivity (Wildman–Crippen MR) is 120 cm³/mol. The van der Waals surface area contributed by atoms with E-state index in [-0.39, 0.29) is 42.2 Å². The minimum absolute atomic E-state index is 0. The lowest BCUT2D eigenvalue weighted by atomic mass is 10.1. The van der Waals surface area contributed by atoms with Gasteiger partial charge in [-0.2, -0.15) is 0 Å². The number of nitrogens with zero attached hydrogens (tertiary/aromatic N) is 1. The van der Waals surface area contributed by atoms with Crippen molar-refractivity contribution < 1.29 is 13.2 Å². The van der Waals surface area contributed by atoms with Crippen molar-refractivity contribution in [2.24, 2.45) is 4.99 Å². The number of guanidine groups is 1. The van der Waals surface area contributed by atoms with Crippen molar-refractivity contribution in [1.29, 1.82) is 0 Å². The van der Waals surface area contributed by atoms with Crippen LogP contribution in [-0.4, -0.2) is 59.3 Å². The monoisotopic (exact) mass is 511 g/mol. The zero-order chi connectivity index (χ0) is 19.4. The molecule has 0 fully saturated rings. The van der Waals surface area contributed by atoms with Gasteiger partial charge in [0.1, 0.15) is 0 Å². The van der Waals surface area contributed by atoms with Gasteiger partial charge in [-0.15, -0.1) is 24.0 Å². The van der Waals surface area contributed by atoms with Gasteiger partial charge >= 0.3 is 0 Å². The lowest BCUT2D eigenvalue weighted by Crippen LogP contribution is -2.39. The molecule has 0 saturated heterocycles. The Morgan fingerprint density at radius 2 is 1.89 bits per heavy atom. The second-order valence-electron chi connectivity index (χ2n) is 5.51. The maximum atomic E-state index is 11.7. The van der Waals surface area contributed by atoms with Gasteiger partial charge in [-0.1, -0.05) is 12.1 Å². The number of rotatable bonds is 10. The number of aliphatic imine (C=N–C) groups is 1. The highest BCUT2D eigenvalue weighted by Crippen LogP contribution is 2.05. The van der Waals surface area contributed by atoms with Crippen LogP contribution in [-0.2, 0) is 16.4 Å². The Labute approximate surface area is 179 Å². The Hall–Kier alpha value is -1.40. The molecule has 0 heterocycles. The van der Waals surface area contributed by atoms with E-state index in [4.69, 9.17) is 0 Å². The third kappa shape index (κ3) is 10.5. The van der Waals surface area contributed by atoms with Crippen molar-refractivity contribution in [2.75, 3.05) is 39.0 Å². The molecule has 27 heavy (non-hydrogen) atoms. The van der Waals surface area contributed by atoms with E-state index in [2.05, 4.69) is 25.7 Å². The summed E-state index contributed by atoms with van der Waals surface area (Å²) in [5.41, 5.74) is 1.68. The smallest absolute Gasteiger partial charge is 0.251 e. The van der Waals surface area contributed by atoms with E-state index in [0.29, 0.717) is 31.2 Å². The van der Waals surface area contributed by atoms with Crippen LogP contribution in [0.25, 0.3) is 0 Å². The lowest BCUT2D eigenvalue weighted by molar-refractivity contribution is 0.0963. The number of carbonyl (C=O) groups excluding carboxylic acids is 1. The zero-order valence-corrected chi connectivity index (χ0v) is 19.2. The molecular formula is C17H30IN5O3S. The van der Waals surface area contributed by atoms with Crippen LogP contribution >= 0.6 is 24.0 Å². The normalized spacial score (nSPS) is 11.4. The summed E-state index contributed by atoms with van der Waals surface area (Å²) in [5, 5.41) is 8.93. The Kier molecular flexibility index (Phi) is 13.0. The van der Waals surface area contributed by atoms with Crippen LogP contribution in [0.2, 0.25) is 0 Å². The molecule has 154 valence electrons. The third-order valence-corrected chi connectivity index (χ3v) is 4.95. The highest BCUT2D eigenvalue weighted by molar-refractivity contribution is 14.0. The topological polar surface area (TPSA) is 112 Å². The summed E-state index contributed by atoms with van der Waals surface area (Å²) in [4.78, 5) is 16.0. The highest BCUT2D eigenvalue weighted by Gasteiger charge is 2.05. The second-order valence-corrected chi connectivity index (χ2v) is 7.61. The molecule has 0 aliphatic heterocycles. The summed E-state index contributed by atoms with van der Waals surface area (Å²) in [6.45, 7) is 5.52. The minimum Gasteiger partial charge on any atom is -0.357 e. The fraction of sp³-hybridized carbons (Fsp3) is 0.529. The Morgan fingerprint density at radius 1 is 1.15 bits per heavy atom. The molecule has 0 unspecified atom stereocenters. The highest BCUT2D eigenvalue weighted by atomic mass is 127. The van der Waals surface area contributed by atoms with E-state index in [9.17, 15) is 13.2 Å². The first-order valence-electron chi connectivity index (χ1n) is 8.72. The number of hydrogen-bond acceptors (Lipinski definition) is 4. The first-order valence-corrected chi connectivity index (χ1v) is 10.4. The maximum Gasteiger partial charge on any atom is 0.251 e. The fourth-order valence-electron chi connectivity index (χ4n) is 2.15. The standard InChI is InChI=1S/C17H29N5O3S.HI/c1-4-19-17(21-11-12-22-26(24,25)5-2)20-10-9-14-7-6-8-15(13-14)16(23)18-3;/h6-8,13,22H,4-5,9-12H2,1-3H3,(H,18,23)(H2,19,20,21);1H. The number of amides is 1. The van der Waals surface area contributed by atoms with Crippen molar-refractivity contribution in [3.8, 4) is 0 Å². The molecule has 4 N–H and O–H groups in total. The number of benzene rings is 1. The summed E-state index contributed by atoms with van der Waals surface area (Å²) in [6.07, 6.45) is 0.734. The van der Waals surface area contributed by atoms with E-state index in [1.807, 2.05) is 25.1 Å². The summed E-state index contributed by atoms with van der Waals surface area (Å²) in [5.74, 6) is 0.583. The molecule has 0 atom stereocenters. The van der Waals surface area contributed by atoms with E-state index < -0.39 is 10.0 Å². The lowest BCUT2D eigenvalue weighted by Gasteiger charge is -2.12. The molecule has 1 amide bonds. The van der Waals surface area contributed by atoms with E-state index in [1.54, 1.807) is 20.0 Å². The molecule has 0 aromatic heterocycles. The first kappa shape index (κ1) is 25.6. The number of nitrogens with one attached hydrogen (secondary N) is 4. The average molecular weight is 511 g/mol. The molecular weight excluding hydrogens is 481 g/mol. The molecule has 0 radical (unpaired) electrons. The molecule has 0 aliphatic carbocycles. The maximum absolute atomic E-state index is 11.7. The Morgan fingerprint density at radius 3 is 2.52 bits per heavy atom. The molecule has 1 aromatic rings. The van der Waals surface area contributed by atoms with Crippen LogP contribution in [0, 0.1) is 0 Å². The summed E-state index contributed by atoms with van der Waals surface area (Å²) >= 11 is 0.